The summed E-state index contributed by atoms with van der Waals surface area (Å²) < 4.78 is 5.13. The molecule has 1 N–H and O–H groups in total. The van der Waals surface area contributed by atoms with Gasteiger partial charge in [-0.1, -0.05) is 18.6 Å². The van der Waals surface area contributed by atoms with Crippen molar-refractivity contribution in [3.05, 3.63) is 29.8 Å². The van der Waals surface area contributed by atoms with Crippen LogP contribution in [0, 0.1) is 0 Å². The Hall–Kier alpha value is -1.06. The minimum atomic E-state index is -0.422. The topological polar surface area (TPSA) is 32.7 Å². The highest BCUT2D eigenvalue weighted by molar-refractivity contribution is 5.29. The van der Waals surface area contributed by atoms with Crippen molar-refractivity contribution in [3.63, 3.8) is 0 Å². The molecular formula is C15H23NO2. The van der Waals surface area contributed by atoms with Crippen LogP contribution in [0.4, 0.5) is 0 Å². The first-order valence-electron chi connectivity index (χ1n) is 6.78. The highest BCUT2D eigenvalue weighted by Crippen LogP contribution is 2.25. The molecule has 0 spiro atoms. The van der Waals surface area contributed by atoms with E-state index in [1.807, 2.05) is 24.3 Å². The molecule has 0 saturated carbocycles. The molecule has 3 nitrogen and oxygen atoms in total. The summed E-state index contributed by atoms with van der Waals surface area (Å²) in [7, 11) is 1.65. The molecule has 1 aromatic rings. The van der Waals surface area contributed by atoms with Gasteiger partial charge in [0.25, 0.3) is 0 Å². The Morgan fingerprint density at radius 1 is 1.11 bits per heavy atom. The van der Waals surface area contributed by atoms with Crippen LogP contribution < -0.4 is 4.74 Å². The van der Waals surface area contributed by atoms with E-state index in [1.165, 1.54) is 19.3 Å². The standard InChI is InChI=1S/C15H23NO2/c1-12(16-10-4-3-5-11-16)15(17)13-6-8-14(18-2)9-7-13/h6-9,12,15,17H,3-5,10-11H2,1-2H3. The summed E-state index contributed by atoms with van der Waals surface area (Å²) in [6.45, 7) is 4.32. The van der Waals surface area contributed by atoms with Gasteiger partial charge in [0.05, 0.1) is 13.2 Å². The van der Waals surface area contributed by atoms with Gasteiger partial charge in [0.2, 0.25) is 0 Å². The van der Waals surface area contributed by atoms with Crippen LogP contribution in [0.2, 0.25) is 0 Å². The molecule has 1 aromatic carbocycles. The van der Waals surface area contributed by atoms with Gasteiger partial charge in [0.1, 0.15) is 5.75 Å². The summed E-state index contributed by atoms with van der Waals surface area (Å²) >= 11 is 0. The van der Waals surface area contributed by atoms with Gasteiger partial charge in [-0.3, -0.25) is 4.90 Å². The van der Waals surface area contributed by atoms with Crippen LogP contribution in [-0.4, -0.2) is 36.2 Å². The van der Waals surface area contributed by atoms with Gasteiger partial charge in [-0.15, -0.1) is 0 Å². The molecule has 2 rings (SSSR count). The number of aliphatic hydroxyl groups excluding tert-OH is 1. The minimum Gasteiger partial charge on any atom is -0.497 e. The lowest BCUT2D eigenvalue weighted by molar-refractivity contribution is 0.0471. The highest BCUT2D eigenvalue weighted by atomic mass is 16.5. The summed E-state index contributed by atoms with van der Waals surface area (Å²) in [4.78, 5) is 2.39. The molecule has 18 heavy (non-hydrogen) atoms. The number of methoxy groups -OCH3 is 1. The van der Waals surface area contributed by atoms with Crippen LogP contribution in [0.25, 0.3) is 0 Å². The van der Waals surface area contributed by atoms with E-state index >= 15 is 0 Å². The molecule has 1 heterocycles. The average molecular weight is 249 g/mol. The Morgan fingerprint density at radius 2 is 1.72 bits per heavy atom. The summed E-state index contributed by atoms with van der Waals surface area (Å²) in [5.74, 6) is 0.830. The fourth-order valence-corrected chi connectivity index (χ4v) is 2.60. The van der Waals surface area contributed by atoms with Gasteiger partial charge in [-0.2, -0.15) is 0 Å². The number of ether oxygens (including phenoxy) is 1. The third-order valence-corrected chi connectivity index (χ3v) is 3.88. The number of nitrogens with zero attached hydrogens (tertiary/aromatic N) is 1. The van der Waals surface area contributed by atoms with Gasteiger partial charge in [0.15, 0.2) is 0 Å². The largest absolute Gasteiger partial charge is 0.497 e. The molecular weight excluding hydrogens is 226 g/mol. The Balaban J connectivity index is 2.01. The van der Waals surface area contributed by atoms with Crippen molar-refractivity contribution in [3.8, 4) is 5.75 Å². The van der Waals surface area contributed by atoms with Crippen LogP contribution in [0.1, 0.15) is 37.9 Å². The number of benzene rings is 1. The fraction of sp³-hybridized carbons (Fsp3) is 0.600. The molecule has 2 atom stereocenters. The summed E-state index contributed by atoms with van der Waals surface area (Å²) in [5, 5.41) is 10.4. The third-order valence-electron chi connectivity index (χ3n) is 3.88. The molecule has 1 aliphatic heterocycles. The minimum absolute atomic E-state index is 0.179. The zero-order chi connectivity index (χ0) is 13.0. The predicted molar refractivity (Wildman–Crippen MR) is 72.8 cm³/mol. The maximum absolute atomic E-state index is 10.4. The van der Waals surface area contributed by atoms with Crippen LogP contribution >= 0.6 is 0 Å². The van der Waals surface area contributed by atoms with Crippen LogP contribution in [-0.2, 0) is 0 Å². The molecule has 0 bridgehead atoms. The van der Waals surface area contributed by atoms with Crippen molar-refractivity contribution < 1.29 is 9.84 Å². The van der Waals surface area contributed by atoms with E-state index in [-0.39, 0.29) is 6.04 Å². The number of hydrogen-bond acceptors (Lipinski definition) is 3. The van der Waals surface area contributed by atoms with Gasteiger partial charge in [0, 0.05) is 6.04 Å². The zero-order valence-corrected chi connectivity index (χ0v) is 11.3. The molecule has 0 aliphatic carbocycles. The number of aliphatic hydroxyl groups is 1. The SMILES string of the molecule is COc1ccc(C(O)C(C)N2CCCCC2)cc1. The maximum atomic E-state index is 10.4. The van der Waals surface area contributed by atoms with E-state index in [4.69, 9.17) is 4.74 Å². The molecule has 1 aliphatic rings. The zero-order valence-electron chi connectivity index (χ0n) is 11.3. The van der Waals surface area contributed by atoms with Crippen LogP contribution in [0.3, 0.4) is 0 Å². The molecule has 100 valence electrons. The summed E-state index contributed by atoms with van der Waals surface area (Å²) in [5.41, 5.74) is 0.967. The molecule has 1 fully saturated rings. The van der Waals surface area contributed by atoms with Crippen molar-refractivity contribution in [2.24, 2.45) is 0 Å². The Bertz CT molecular complexity index is 357. The van der Waals surface area contributed by atoms with Crippen molar-refractivity contribution in [2.75, 3.05) is 20.2 Å². The number of hydrogen-bond donors (Lipinski definition) is 1. The maximum Gasteiger partial charge on any atom is 0.118 e. The van der Waals surface area contributed by atoms with E-state index in [0.717, 1.165) is 24.4 Å². The van der Waals surface area contributed by atoms with Crippen LogP contribution in [0.5, 0.6) is 5.75 Å². The second-order valence-electron chi connectivity index (χ2n) is 5.06. The smallest absolute Gasteiger partial charge is 0.118 e. The second kappa shape index (κ2) is 6.21. The first kappa shape index (κ1) is 13.4. The normalized spacial score (nSPS) is 20.4. The van der Waals surface area contributed by atoms with Crippen molar-refractivity contribution in [1.82, 2.24) is 4.90 Å². The fourth-order valence-electron chi connectivity index (χ4n) is 2.60. The average Bonchev–Trinajstić information content (AvgIpc) is 2.47. The molecule has 2 unspecified atom stereocenters. The van der Waals surface area contributed by atoms with Gasteiger partial charge in [-0.25, -0.2) is 0 Å². The monoisotopic (exact) mass is 249 g/mol. The quantitative estimate of drug-likeness (QED) is 0.890. The van der Waals surface area contributed by atoms with E-state index in [9.17, 15) is 5.11 Å². The lowest BCUT2D eigenvalue weighted by atomic mass is 10.00. The Labute approximate surface area is 109 Å². The number of piperidine rings is 1. The number of rotatable bonds is 4. The highest BCUT2D eigenvalue weighted by Gasteiger charge is 2.24. The first-order valence-corrected chi connectivity index (χ1v) is 6.78. The van der Waals surface area contributed by atoms with Crippen molar-refractivity contribution in [2.45, 2.75) is 38.3 Å². The lowest BCUT2D eigenvalue weighted by Crippen LogP contribution is -2.40. The predicted octanol–water partition coefficient (Wildman–Crippen LogP) is 2.60. The molecule has 0 radical (unpaired) electrons. The lowest BCUT2D eigenvalue weighted by Gasteiger charge is -2.35. The molecule has 3 heteroatoms. The summed E-state index contributed by atoms with van der Waals surface area (Å²) in [6.07, 6.45) is 3.40. The number of likely N-dealkylation sites (tertiary alicyclic amines) is 1. The van der Waals surface area contributed by atoms with E-state index < -0.39 is 6.10 Å². The van der Waals surface area contributed by atoms with Crippen molar-refractivity contribution >= 4 is 0 Å². The molecule has 0 amide bonds. The Morgan fingerprint density at radius 3 is 2.28 bits per heavy atom. The molecule has 1 saturated heterocycles. The van der Waals surface area contributed by atoms with Gasteiger partial charge >= 0.3 is 0 Å². The van der Waals surface area contributed by atoms with Gasteiger partial charge < -0.3 is 9.84 Å². The Kier molecular flexibility index (Phi) is 4.61. The van der Waals surface area contributed by atoms with Gasteiger partial charge in [-0.05, 0) is 50.6 Å². The van der Waals surface area contributed by atoms with E-state index in [2.05, 4.69) is 11.8 Å². The van der Waals surface area contributed by atoms with E-state index in [1.54, 1.807) is 7.11 Å². The first-order chi connectivity index (χ1) is 8.72. The van der Waals surface area contributed by atoms with E-state index in [0.29, 0.717) is 0 Å². The van der Waals surface area contributed by atoms with Crippen LogP contribution in [0.15, 0.2) is 24.3 Å². The third kappa shape index (κ3) is 3.03. The second-order valence-corrected chi connectivity index (χ2v) is 5.06. The summed E-state index contributed by atoms with van der Waals surface area (Å²) in [6, 6.07) is 7.88. The molecule has 0 aromatic heterocycles. The van der Waals surface area contributed by atoms with Crippen molar-refractivity contribution in [1.29, 1.82) is 0 Å².